The average molecular weight is 260 g/mol. The Morgan fingerprint density at radius 2 is 2.21 bits per heavy atom. The molecule has 4 heteroatoms. The van der Waals surface area contributed by atoms with Crippen LogP contribution in [0.15, 0.2) is 24.3 Å². The molecule has 0 N–H and O–H groups in total. The molecule has 0 aromatic heterocycles. The zero-order valence-corrected chi connectivity index (χ0v) is 10.8. The summed E-state index contributed by atoms with van der Waals surface area (Å²) >= 11 is 0. The Morgan fingerprint density at radius 1 is 1.42 bits per heavy atom. The van der Waals surface area contributed by atoms with Gasteiger partial charge in [-0.1, -0.05) is 24.3 Å². The van der Waals surface area contributed by atoms with E-state index in [0.717, 1.165) is 0 Å². The first-order chi connectivity index (χ1) is 9.11. The van der Waals surface area contributed by atoms with Crippen LogP contribution in [0, 0.1) is 23.2 Å². The highest BCUT2D eigenvalue weighted by atomic mass is 16.5. The molecule has 0 spiro atoms. The molecule has 2 saturated carbocycles. The highest BCUT2D eigenvalue weighted by Crippen LogP contribution is 2.53. The van der Waals surface area contributed by atoms with E-state index in [2.05, 4.69) is 0 Å². The molecule has 0 amide bonds. The van der Waals surface area contributed by atoms with Gasteiger partial charge in [-0.05, 0) is 19.3 Å². The summed E-state index contributed by atoms with van der Waals surface area (Å²) in [6.07, 6.45) is 7.82. The minimum Gasteiger partial charge on any atom is -0.465 e. The molecule has 4 atom stereocenters. The van der Waals surface area contributed by atoms with Crippen molar-refractivity contribution in [2.24, 2.45) is 23.2 Å². The maximum absolute atomic E-state index is 12.7. The van der Waals surface area contributed by atoms with Crippen LogP contribution < -0.4 is 0 Å². The number of hydrogen-bond acceptors (Lipinski definition) is 4. The molecule has 3 aliphatic rings. The number of rotatable bonds is 2. The number of Topliss-reactive ketones (excluding diaryl/α,β-unsaturated/α-hetero) is 2. The zero-order valence-electron chi connectivity index (χ0n) is 10.8. The van der Waals surface area contributed by atoms with Crippen molar-refractivity contribution >= 4 is 17.5 Å². The van der Waals surface area contributed by atoms with Crippen LogP contribution in [0.1, 0.15) is 19.8 Å². The third-order valence-corrected chi connectivity index (χ3v) is 4.59. The number of carbonyl (C=O) groups is 3. The van der Waals surface area contributed by atoms with Crippen LogP contribution in [-0.4, -0.2) is 24.1 Å². The summed E-state index contributed by atoms with van der Waals surface area (Å²) in [6, 6.07) is 0. The summed E-state index contributed by atoms with van der Waals surface area (Å²) in [7, 11) is 0. The minimum absolute atomic E-state index is 0.106. The van der Waals surface area contributed by atoms with E-state index in [1.165, 1.54) is 0 Å². The van der Waals surface area contributed by atoms with Crippen molar-refractivity contribution in [2.45, 2.75) is 19.8 Å². The molecule has 3 aliphatic carbocycles. The smallest absolute Gasteiger partial charge is 0.323 e. The molecule has 0 unspecified atom stereocenters. The van der Waals surface area contributed by atoms with Crippen molar-refractivity contribution in [3.05, 3.63) is 24.3 Å². The first kappa shape index (κ1) is 12.3. The molecule has 2 fully saturated rings. The molecule has 0 heterocycles. The molecule has 0 aromatic carbocycles. The van der Waals surface area contributed by atoms with Crippen LogP contribution in [0.2, 0.25) is 0 Å². The standard InChI is InChI=1S/C15H16O4/c1-2-19-14(18)15-6-4-3-5-10(13(15)17)11-7-9(15)8-12(11)16/h3-6,9-11H,2,7-8H2,1H3/t9-,10-,11+,15+/m1/s1. The van der Waals surface area contributed by atoms with Gasteiger partial charge in [-0.3, -0.25) is 14.4 Å². The minimum atomic E-state index is -1.24. The molecule has 0 aromatic rings. The van der Waals surface area contributed by atoms with Crippen LogP contribution in [0.3, 0.4) is 0 Å². The lowest BCUT2D eigenvalue weighted by molar-refractivity contribution is -0.163. The van der Waals surface area contributed by atoms with Crippen molar-refractivity contribution in [3.8, 4) is 0 Å². The lowest BCUT2D eigenvalue weighted by Gasteiger charge is -2.38. The van der Waals surface area contributed by atoms with E-state index in [1.807, 2.05) is 0 Å². The number of fused-ring (bicyclic) bond motifs is 6. The molecule has 0 saturated heterocycles. The quantitative estimate of drug-likeness (QED) is 0.557. The van der Waals surface area contributed by atoms with Gasteiger partial charge in [-0.25, -0.2) is 0 Å². The fourth-order valence-electron chi connectivity index (χ4n) is 3.69. The van der Waals surface area contributed by atoms with Crippen molar-refractivity contribution in [3.63, 3.8) is 0 Å². The first-order valence-electron chi connectivity index (χ1n) is 6.71. The predicted octanol–water partition coefficient (Wildman–Crippen LogP) is 1.46. The molecule has 3 rings (SSSR count). The number of carbonyl (C=O) groups excluding carboxylic acids is 3. The van der Waals surface area contributed by atoms with Gasteiger partial charge in [0.25, 0.3) is 0 Å². The van der Waals surface area contributed by atoms with Crippen molar-refractivity contribution in [1.29, 1.82) is 0 Å². The van der Waals surface area contributed by atoms with E-state index < -0.39 is 17.3 Å². The van der Waals surface area contributed by atoms with Crippen molar-refractivity contribution in [2.75, 3.05) is 6.61 Å². The Kier molecular flexibility index (Phi) is 2.69. The summed E-state index contributed by atoms with van der Waals surface area (Å²) in [5, 5.41) is 0. The normalized spacial score (nSPS) is 39.3. The molecular weight excluding hydrogens is 244 g/mol. The third-order valence-electron chi connectivity index (χ3n) is 4.59. The zero-order chi connectivity index (χ0) is 13.6. The number of ketones is 2. The summed E-state index contributed by atoms with van der Waals surface area (Å²) in [5.74, 6) is -1.49. The van der Waals surface area contributed by atoms with Gasteiger partial charge < -0.3 is 4.74 Å². The Balaban J connectivity index is 2.12. The van der Waals surface area contributed by atoms with E-state index in [0.29, 0.717) is 12.8 Å². The monoisotopic (exact) mass is 260 g/mol. The fourth-order valence-corrected chi connectivity index (χ4v) is 3.69. The van der Waals surface area contributed by atoms with Gasteiger partial charge in [0.1, 0.15) is 11.2 Å². The van der Waals surface area contributed by atoms with E-state index in [-0.39, 0.29) is 30.0 Å². The van der Waals surface area contributed by atoms with Crippen LogP contribution in [0.25, 0.3) is 0 Å². The molecule has 4 nitrogen and oxygen atoms in total. The summed E-state index contributed by atoms with van der Waals surface area (Å²) in [6.45, 7) is 1.96. The van der Waals surface area contributed by atoms with Crippen LogP contribution in [0.5, 0.6) is 0 Å². The van der Waals surface area contributed by atoms with Crippen LogP contribution in [0.4, 0.5) is 0 Å². The Bertz CT molecular complexity index is 516. The van der Waals surface area contributed by atoms with E-state index in [9.17, 15) is 14.4 Å². The number of esters is 1. The molecule has 100 valence electrons. The Morgan fingerprint density at radius 3 is 2.95 bits per heavy atom. The first-order valence-corrected chi connectivity index (χ1v) is 6.71. The largest absolute Gasteiger partial charge is 0.465 e. The maximum Gasteiger partial charge on any atom is 0.323 e. The second-order valence-electron chi connectivity index (χ2n) is 5.43. The second kappa shape index (κ2) is 4.15. The Hall–Kier alpha value is -1.71. The van der Waals surface area contributed by atoms with Crippen molar-refractivity contribution in [1.82, 2.24) is 0 Å². The van der Waals surface area contributed by atoms with Gasteiger partial charge in [0.05, 0.1) is 6.61 Å². The summed E-state index contributed by atoms with van der Waals surface area (Å²) in [4.78, 5) is 37.1. The topological polar surface area (TPSA) is 60.4 Å². The van der Waals surface area contributed by atoms with E-state index in [4.69, 9.17) is 4.74 Å². The predicted molar refractivity (Wildman–Crippen MR) is 67.1 cm³/mol. The van der Waals surface area contributed by atoms with Crippen molar-refractivity contribution < 1.29 is 19.1 Å². The molecule has 19 heavy (non-hydrogen) atoms. The second-order valence-corrected chi connectivity index (χ2v) is 5.43. The third kappa shape index (κ3) is 1.49. The highest BCUT2D eigenvalue weighted by molar-refractivity contribution is 6.12. The molecular formula is C15H16O4. The van der Waals surface area contributed by atoms with E-state index >= 15 is 0 Å². The van der Waals surface area contributed by atoms with Gasteiger partial charge in [-0.15, -0.1) is 0 Å². The maximum atomic E-state index is 12.7. The SMILES string of the molecule is CCOC(=O)[C@]12C=CC=C[C@@H](C1=O)[C@@H]1C[C@@H]2CC1=O. The molecule has 0 radical (unpaired) electrons. The number of ether oxygens (including phenoxy) is 1. The average Bonchev–Trinajstić information content (AvgIpc) is 2.67. The summed E-state index contributed by atoms with van der Waals surface area (Å²) in [5.41, 5.74) is -1.24. The number of hydrogen-bond donors (Lipinski definition) is 0. The van der Waals surface area contributed by atoms with Crippen LogP contribution in [-0.2, 0) is 19.1 Å². The summed E-state index contributed by atoms with van der Waals surface area (Å²) < 4.78 is 5.12. The highest BCUT2D eigenvalue weighted by Gasteiger charge is 2.63. The molecule has 0 aliphatic heterocycles. The van der Waals surface area contributed by atoms with Crippen LogP contribution >= 0.6 is 0 Å². The van der Waals surface area contributed by atoms with Gasteiger partial charge in [-0.2, -0.15) is 0 Å². The number of allylic oxidation sites excluding steroid dienone is 3. The lowest BCUT2D eigenvalue weighted by Crippen LogP contribution is -2.50. The molecule has 4 bridgehead atoms. The van der Waals surface area contributed by atoms with E-state index in [1.54, 1.807) is 31.2 Å². The van der Waals surface area contributed by atoms with Gasteiger partial charge in [0.2, 0.25) is 0 Å². The Labute approximate surface area is 111 Å². The fraction of sp³-hybridized carbons (Fsp3) is 0.533. The van der Waals surface area contributed by atoms with Gasteiger partial charge in [0.15, 0.2) is 5.78 Å². The lowest BCUT2D eigenvalue weighted by atomic mass is 9.62. The van der Waals surface area contributed by atoms with Gasteiger partial charge in [0, 0.05) is 18.3 Å². The van der Waals surface area contributed by atoms with Gasteiger partial charge >= 0.3 is 5.97 Å².